The summed E-state index contributed by atoms with van der Waals surface area (Å²) in [5, 5.41) is 18.3. The number of hydrogen-bond donors (Lipinski definition) is 2. The van der Waals surface area contributed by atoms with Gasteiger partial charge in [-0.15, -0.1) is 0 Å². The predicted octanol–water partition coefficient (Wildman–Crippen LogP) is 3.78. The van der Waals surface area contributed by atoms with E-state index in [0.717, 1.165) is 24.3 Å². The molecule has 0 bridgehead atoms. The number of hydrogen-bond acceptors (Lipinski definition) is 2. The zero-order chi connectivity index (χ0) is 14.9. The zero-order valence-corrected chi connectivity index (χ0v) is 9.98. The molecule has 0 atom stereocenters. The van der Waals surface area contributed by atoms with Gasteiger partial charge in [0.05, 0.1) is 11.1 Å². The number of halogens is 3. The topological polar surface area (TPSA) is 57.5 Å². The smallest absolute Gasteiger partial charge is 0.417 e. The second-order valence-corrected chi connectivity index (χ2v) is 4.08. The van der Waals surface area contributed by atoms with Gasteiger partial charge in [0.1, 0.15) is 5.75 Å². The number of benzene rings is 2. The van der Waals surface area contributed by atoms with Crippen molar-refractivity contribution in [2.45, 2.75) is 6.18 Å². The first-order valence-electron chi connectivity index (χ1n) is 5.53. The molecule has 104 valence electrons. The van der Waals surface area contributed by atoms with Crippen LogP contribution in [0.2, 0.25) is 0 Å². The van der Waals surface area contributed by atoms with Crippen LogP contribution >= 0.6 is 0 Å². The molecule has 2 aromatic carbocycles. The third-order valence-electron chi connectivity index (χ3n) is 2.76. The fourth-order valence-corrected chi connectivity index (χ4v) is 1.91. The second-order valence-electron chi connectivity index (χ2n) is 4.08. The van der Waals surface area contributed by atoms with Crippen molar-refractivity contribution >= 4 is 5.97 Å². The van der Waals surface area contributed by atoms with E-state index in [9.17, 15) is 23.1 Å². The summed E-state index contributed by atoms with van der Waals surface area (Å²) < 4.78 is 38.8. The van der Waals surface area contributed by atoms with Crippen molar-refractivity contribution in [3.8, 4) is 16.9 Å². The van der Waals surface area contributed by atoms with Crippen LogP contribution in [0.3, 0.4) is 0 Å². The number of phenols is 1. The third kappa shape index (κ3) is 2.59. The monoisotopic (exact) mass is 282 g/mol. The van der Waals surface area contributed by atoms with Crippen LogP contribution in [0.5, 0.6) is 5.75 Å². The number of alkyl halides is 3. The van der Waals surface area contributed by atoms with E-state index in [0.29, 0.717) is 0 Å². The van der Waals surface area contributed by atoms with Gasteiger partial charge in [0, 0.05) is 0 Å². The Balaban J connectivity index is 2.73. The summed E-state index contributed by atoms with van der Waals surface area (Å²) in [6.45, 7) is 0. The molecule has 2 N–H and O–H groups in total. The van der Waals surface area contributed by atoms with Gasteiger partial charge < -0.3 is 10.2 Å². The SMILES string of the molecule is O=C(O)c1cc(O)ccc1-c1ccccc1C(F)(F)F. The normalized spacial score (nSPS) is 11.3. The molecule has 2 rings (SSSR count). The van der Waals surface area contributed by atoms with E-state index in [1.165, 1.54) is 18.2 Å². The van der Waals surface area contributed by atoms with Crippen LogP contribution in [0.25, 0.3) is 11.1 Å². The van der Waals surface area contributed by atoms with Crippen LogP contribution in [0, 0.1) is 0 Å². The minimum atomic E-state index is -4.59. The first kappa shape index (κ1) is 13.9. The fraction of sp³-hybridized carbons (Fsp3) is 0.0714. The molecule has 3 nitrogen and oxygen atoms in total. The Morgan fingerprint density at radius 3 is 2.25 bits per heavy atom. The van der Waals surface area contributed by atoms with Crippen molar-refractivity contribution in [3.05, 3.63) is 53.6 Å². The first-order chi connectivity index (χ1) is 9.30. The Morgan fingerprint density at radius 2 is 1.65 bits per heavy atom. The third-order valence-corrected chi connectivity index (χ3v) is 2.76. The molecule has 0 aliphatic carbocycles. The van der Waals surface area contributed by atoms with E-state index >= 15 is 0 Å². The van der Waals surface area contributed by atoms with Crippen molar-refractivity contribution in [1.29, 1.82) is 0 Å². The Labute approximate surface area is 111 Å². The number of carboxylic acid groups (broad SMARTS) is 1. The molecule has 0 unspecified atom stereocenters. The molecule has 0 fully saturated rings. The minimum Gasteiger partial charge on any atom is -0.508 e. The predicted molar refractivity (Wildman–Crippen MR) is 65.5 cm³/mol. The lowest BCUT2D eigenvalue weighted by atomic mass is 9.95. The standard InChI is InChI=1S/C14H9F3O3/c15-14(16,17)12-4-2-1-3-10(12)9-6-5-8(18)7-11(9)13(19)20/h1-7,18H,(H,19,20). The van der Waals surface area contributed by atoms with Crippen molar-refractivity contribution < 1.29 is 28.2 Å². The van der Waals surface area contributed by atoms with E-state index in [1.807, 2.05) is 0 Å². The maximum atomic E-state index is 12.9. The second kappa shape index (κ2) is 4.88. The summed E-state index contributed by atoms with van der Waals surface area (Å²) in [5.41, 5.74) is -1.64. The molecule has 0 aromatic heterocycles. The van der Waals surface area contributed by atoms with Crippen molar-refractivity contribution in [2.24, 2.45) is 0 Å². The summed E-state index contributed by atoms with van der Waals surface area (Å²) in [6, 6.07) is 7.93. The fourth-order valence-electron chi connectivity index (χ4n) is 1.91. The highest BCUT2D eigenvalue weighted by atomic mass is 19.4. The van der Waals surface area contributed by atoms with Gasteiger partial charge >= 0.3 is 12.1 Å². The first-order valence-corrected chi connectivity index (χ1v) is 5.53. The van der Waals surface area contributed by atoms with E-state index in [2.05, 4.69) is 0 Å². The average Bonchev–Trinajstić information content (AvgIpc) is 2.37. The van der Waals surface area contributed by atoms with E-state index < -0.39 is 17.7 Å². The Hall–Kier alpha value is -2.50. The molecule has 0 radical (unpaired) electrons. The van der Waals surface area contributed by atoms with E-state index in [1.54, 1.807) is 0 Å². The summed E-state index contributed by atoms with van der Waals surface area (Å²) >= 11 is 0. The minimum absolute atomic E-state index is 0.0942. The van der Waals surface area contributed by atoms with E-state index in [4.69, 9.17) is 5.11 Å². The van der Waals surface area contributed by atoms with Gasteiger partial charge in [-0.2, -0.15) is 13.2 Å². The largest absolute Gasteiger partial charge is 0.508 e. The van der Waals surface area contributed by atoms with Gasteiger partial charge in [-0.25, -0.2) is 4.79 Å². The number of carboxylic acids is 1. The molecule has 0 saturated carbocycles. The lowest BCUT2D eigenvalue weighted by Crippen LogP contribution is -2.08. The molecule has 0 amide bonds. The van der Waals surface area contributed by atoms with Gasteiger partial charge in [0.15, 0.2) is 0 Å². The molecule has 0 aliphatic rings. The van der Waals surface area contributed by atoms with Crippen LogP contribution in [-0.4, -0.2) is 16.2 Å². The van der Waals surface area contributed by atoms with Gasteiger partial charge in [0.2, 0.25) is 0 Å². The van der Waals surface area contributed by atoms with Crippen molar-refractivity contribution in [3.63, 3.8) is 0 Å². The molecular weight excluding hydrogens is 273 g/mol. The molecule has 0 spiro atoms. The van der Waals surface area contributed by atoms with Gasteiger partial charge in [-0.3, -0.25) is 0 Å². The van der Waals surface area contributed by atoms with Crippen LogP contribution in [-0.2, 0) is 6.18 Å². The number of rotatable bonds is 2. The number of phenolic OH excluding ortho intramolecular Hbond substituents is 1. The average molecular weight is 282 g/mol. The molecule has 2 aromatic rings. The van der Waals surface area contributed by atoms with Gasteiger partial charge in [-0.05, 0) is 35.4 Å². The highest BCUT2D eigenvalue weighted by molar-refractivity contribution is 5.97. The lowest BCUT2D eigenvalue weighted by Gasteiger charge is -2.14. The van der Waals surface area contributed by atoms with Crippen LogP contribution in [0.1, 0.15) is 15.9 Å². The maximum absolute atomic E-state index is 12.9. The van der Waals surface area contributed by atoms with Crippen molar-refractivity contribution in [2.75, 3.05) is 0 Å². The quantitative estimate of drug-likeness (QED) is 0.881. The lowest BCUT2D eigenvalue weighted by molar-refractivity contribution is -0.137. The number of aromatic carboxylic acids is 1. The maximum Gasteiger partial charge on any atom is 0.417 e. The summed E-state index contributed by atoms with van der Waals surface area (Å²) in [4.78, 5) is 11.1. The molecule has 0 aliphatic heterocycles. The van der Waals surface area contributed by atoms with Crippen LogP contribution in [0.15, 0.2) is 42.5 Å². The highest BCUT2D eigenvalue weighted by Crippen LogP contribution is 2.38. The molecule has 0 saturated heterocycles. The van der Waals surface area contributed by atoms with Gasteiger partial charge in [-0.1, -0.05) is 18.2 Å². The summed E-state index contributed by atoms with van der Waals surface area (Å²) in [5.74, 6) is -1.73. The van der Waals surface area contributed by atoms with Crippen molar-refractivity contribution in [1.82, 2.24) is 0 Å². The van der Waals surface area contributed by atoms with Crippen LogP contribution < -0.4 is 0 Å². The van der Waals surface area contributed by atoms with Gasteiger partial charge in [0.25, 0.3) is 0 Å². The number of aromatic hydroxyl groups is 1. The molecule has 20 heavy (non-hydrogen) atoms. The zero-order valence-electron chi connectivity index (χ0n) is 9.98. The Kier molecular flexibility index (Phi) is 3.40. The molecular formula is C14H9F3O3. The van der Waals surface area contributed by atoms with E-state index in [-0.39, 0.29) is 22.4 Å². The summed E-state index contributed by atoms with van der Waals surface area (Å²) in [6.07, 6.45) is -4.59. The Morgan fingerprint density at radius 1 is 1.00 bits per heavy atom. The Bertz CT molecular complexity index is 663. The molecule has 0 heterocycles. The molecule has 6 heteroatoms. The highest BCUT2D eigenvalue weighted by Gasteiger charge is 2.34. The number of carbonyl (C=O) groups is 1. The summed E-state index contributed by atoms with van der Waals surface area (Å²) in [7, 11) is 0. The van der Waals surface area contributed by atoms with Crippen LogP contribution in [0.4, 0.5) is 13.2 Å².